The molecule has 4 aromatic rings. The first-order chi connectivity index (χ1) is 20.5. The quantitative estimate of drug-likeness (QED) is 0.271. The van der Waals surface area contributed by atoms with E-state index in [1.165, 1.54) is 20.3 Å². The van der Waals surface area contributed by atoms with Crippen LogP contribution in [0.4, 0.5) is 5.69 Å². The third-order valence-electron chi connectivity index (χ3n) is 7.60. The summed E-state index contributed by atoms with van der Waals surface area (Å²) < 4.78 is 2.00. The van der Waals surface area contributed by atoms with E-state index in [2.05, 4.69) is 15.6 Å². The largest absolute Gasteiger partial charge is 0.330 e. The molecule has 0 spiro atoms. The number of rotatable bonds is 8. The van der Waals surface area contributed by atoms with E-state index in [1.807, 2.05) is 0 Å². The number of aromatic nitrogens is 3. The van der Waals surface area contributed by atoms with Crippen molar-refractivity contribution in [3.63, 3.8) is 0 Å². The standard InChI is InChI=1S/C31H29Cl2N5O5/c1-37-16-23(30(42)38(2)31(37)43)29(41)36-25-8-4-6-21(27(25)33)20-5-3-7-22(26(20)32)24-12-10-18(28(40)35-24)15-34-14-17-9-11-19(39)13-17/h3-8,10,12,16-17,34H,9,11,13-15H2,1-2H3,(H,35,40)(H,36,41)/t17-/m1/s1. The van der Waals surface area contributed by atoms with Crippen molar-refractivity contribution < 1.29 is 9.59 Å². The van der Waals surface area contributed by atoms with Gasteiger partial charge in [-0.15, -0.1) is 0 Å². The van der Waals surface area contributed by atoms with Crippen molar-refractivity contribution in [2.45, 2.75) is 25.8 Å². The summed E-state index contributed by atoms with van der Waals surface area (Å²) in [5.41, 5.74) is 1.25. The molecule has 1 aliphatic carbocycles. The Morgan fingerprint density at radius 2 is 1.65 bits per heavy atom. The Kier molecular flexibility index (Phi) is 8.82. The molecule has 0 bridgehead atoms. The Morgan fingerprint density at radius 3 is 2.35 bits per heavy atom. The van der Waals surface area contributed by atoms with Crippen LogP contribution in [0.15, 0.2) is 69.1 Å². The molecule has 12 heteroatoms. The number of halogens is 2. The summed E-state index contributed by atoms with van der Waals surface area (Å²) in [5, 5.41) is 6.46. The van der Waals surface area contributed by atoms with E-state index in [9.17, 15) is 24.0 Å². The topological polar surface area (TPSA) is 135 Å². The first-order valence-corrected chi connectivity index (χ1v) is 14.4. The molecule has 0 unspecified atom stereocenters. The van der Waals surface area contributed by atoms with Crippen LogP contribution < -0.4 is 27.4 Å². The van der Waals surface area contributed by atoms with Crippen LogP contribution in [0.1, 0.15) is 35.2 Å². The van der Waals surface area contributed by atoms with Gasteiger partial charge in [0, 0.05) is 67.6 Å². The smallest absolute Gasteiger partial charge is 0.322 e. The van der Waals surface area contributed by atoms with E-state index in [0.29, 0.717) is 70.6 Å². The highest BCUT2D eigenvalue weighted by Gasteiger charge is 2.22. The van der Waals surface area contributed by atoms with Crippen molar-refractivity contribution >= 4 is 40.6 Å². The second-order valence-electron chi connectivity index (χ2n) is 10.6. The lowest BCUT2D eigenvalue weighted by Crippen LogP contribution is -2.40. The second kappa shape index (κ2) is 12.5. The number of nitrogens with one attached hydrogen (secondary N) is 3. The fourth-order valence-corrected chi connectivity index (χ4v) is 5.82. The first kappa shape index (κ1) is 30.2. The van der Waals surface area contributed by atoms with Crippen LogP contribution in [-0.4, -0.2) is 32.4 Å². The Labute approximate surface area is 256 Å². The number of pyridine rings is 1. The molecule has 5 rings (SSSR count). The third-order valence-corrected chi connectivity index (χ3v) is 8.42. The van der Waals surface area contributed by atoms with Gasteiger partial charge < -0.3 is 20.2 Å². The number of anilines is 1. The lowest BCUT2D eigenvalue weighted by atomic mass is 10.00. The lowest BCUT2D eigenvalue weighted by molar-refractivity contribution is -0.117. The summed E-state index contributed by atoms with van der Waals surface area (Å²) in [6.07, 6.45) is 3.28. The van der Waals surface area contributed by atoms with Gasteiger partial charge in [-0.25, -0.2) is 4.79 Å². The Balaban J connectivity index is 1.38. The molecule has 222 valence electrons. The summed E-state index contributed by atoms with van der Waals surface area (Å²) in [4.78, 5) is 64.8. The van der Waals surface area contributed by atoms with Gasteiger partial charge in [0.15, 0.2) is 0 Å². The van der Waals surface area contributed by atoms with Gasteiger partial charge in [0.05, 0.1) is 15.7 Å². The maximum atomic E-state index is 13.0. The maximum absolute atomic E-state index is 13.0. The number of ketones is 1. The highest BCUT2D eigenvalue weighted by Crippen LogP contribution is 2.41. The van der Waals surface area contributed by atoms with Crippen molar-refractivity contribution in [2.24, 2.45) is 20.0 Å². The van der Waals surface area contributed by atoms with Crippen LogP contribution in [0.25, 0.3) is 22.4 Å². The van der Waals surface area contributed by atoms with Crippen LogP contribution in [0.5, 0.6) is 0 Å². The van der Waals surface area contributed by atoms with Gasteiger partial charge in [0.1, 0.15) is 11.3 Å². The molecule has 2 heterocycles. The number of hydrogen-bond acceptors (Lipinski definition) is 6. The summed E-state index contributed by atoms with van der Waals surface area (Å²) >= 11 is 13.6. The van der Waals surface area contributed by atoms with Crippen molar-refractivity contribution in [3.8, 4) is 22.4 Å². The lowest BCUT2D eigenvalue weighted by Gasteiger charge is -2.15. The Hall–Kier alpha value is -4.25. The van der Waals surface area contributed by atoms with E-state index in [4.69, 9.17) is 23.2 Å². The fraction of sp³-hybridized carbons (Fsp3) is 0.258. The van der Waals surface area contributed by atoms with Gasteiger partial charge in [-0.1, -0.05) is 59.6 Å². The van der Waals surface area contributed by atoms with E-state index in [1.54, 1.807) is 48.5 Å². The normalized spacial score (nSPS) is 14.7. The van der Waals surface area contributed by atoms with Crippen LogP contribution in [0.3, 0.4) is 0 Å². The van der Waals surface area contributed by atoms with Gasteiger partial charge in [-0.05, 0) is 31.0 Å². The molecule has 1 aliphatic rings. The molecule has 10 nitrogen and oxygen atoms in total. The number of amides is 1. The number of aromatic amines is 1. The minimum atomic E-state index is -0.732. The molecule has 1 saturated carbocycles. The highest BCUT2D eigenvalue weighted by atomic mass is 35.5. The molecule has 0 aliphatic heterocycles. The number of aryl methyl sites for hydroxylation is 1. The summed E-state index contributed by atoms with van der Waals surface area (Å²) in [6.45, 7) is 1.07. The van der Waals surface area contributed by atoms with Gasteiger partial charge in [-0.3, -0.25) is 23.7 Å². The molecular formula is C31H29Cl2N5O5. The first-order valence-electron chi connectivity index (χ1n) is 13.7. The SMILES string of the molecule is Cn1cc(C(=O)Nc2cccc(-c3cccc(-c4ccc(CNC[C@@H]5CCC(=O)C5)c(=O)[nH]4)c3Cl)c2Cl)c(=O)n(C)c1=O. The average molecular weight is 623 g/mol. The molecule has 1 fully saturated rings. The van der Waals surface area contributed by atoms with Crippen LogP contribution in [0.2, 0.25) is 10.0 Å². The van der Waals surface area contributed by atoms with E-state index >= 15 is 0 Å². The van der Waals surface area contributed by atoms with Crippen LogP contribution in [0, 0.1) is 5.92 Å². The number of benzene rings is 2. The summed E-state index contributed by atoms with van der Waals surface area (Å²) in [7, 11) is 2.74. The van der Waals surface area contributed by atoms with Crippen molar-refractivity contribution in [3.05, 3.63) is 107 Å². The number of carbonyl (C=O) groups is 2. The van der Waals surface area contributed by atoms with Gasteiger partial charge in [0.2, 0.25) is 0 Å². The molecule has 0 saturated heterocycles. The molecule has 2 aromatic heterocycles. The molecule has 1 atom stereocenters. The van der Waals surface area contributed by atoms with E-state index in [-0.39, 0.29) is 21.8 Å². The molecule has 2 aromatic carbocycles. The zero-order valence-corrected chi connectivity index (χ0v) is 25.0. The zero-order chi connectivity index (χ0) is 30.8. The minimum Gasteiger partial charge on any atom is -0.322 e. The van der Waals surface area contributed by atoms with Crippen LogP contribution in [-0.2, 0) is 25.4 Å². The third kappa shape index (κ3) is 6.27. The fourth-order valence-electron chi connectivity index (χ4n) is 5.21. The predicted molar refractivity (Wildman–Crippen MR) is 167 cm³/mol. The monoisotopic (exact) mass is 621 g/mol. The number of carbonyl (C=O) groups excluding carboxylic acids is 2. The van der Waals surface area contributed by atoms with E-state index < -0.39 is 17.2 Å². The highest BCUT2D eigenvalue weighted by molar-refractivity contribution is 6.39. The van der Waals surface area contributed by atoms with Crippen molar-refractivity contribution in [1.29, 1.82) is 0 Å². The maximum Gasteiger partial charge on any atom is 0.330 e. The number of Topliss-reactive ketones (excluding diaryl/α,β-unsaturated/α-hetero) is 1. The number of H-pyrrole nitrogens is 1. The summed E-state index contributed by atoms with van der Waals surface area (Å²) in [6, 6.07) is 13.9. The molecular weight excluding hydrogens is 593 g/mol. The zero-order valence-electron chi connectivity index (χ0n) is 23.5. The van der Waals surface area contributed by atoms with Gasteiger partial charge in [0.25, 0.3) is 17.0 Å². The van der Waals surface area contributed by atoms with Gasteiger partial charge in [-0.2, -0.15) is 0 Å². The van der Waals surface area contributed by atoms with Crippen LogP contribution >= 0.6 is 23.2 Å². The predicted octanol–water partition coefficient (Wildman–Crippen LogP) is 4.12. The molecule has 3 N–H and O–H groups in total. The van der Waals surface area contributed by atoms with Gasteiger partial charge >= 0.3 is 5.69 Å². The Morgan fingerprint density at radius 1 is 0.953 bits per heavy atom. The average Bonchev–Trinajstić information content (AvgIpc) is 3.40. The summed E-state index contributed by atoms with van der Waals surface area (Å²) in [5.74, 6) is -0.120. The number of hydrogen-bond donors (Lipinski definition) is 3. The van der Waals surface area contributed by atoms with Crippen molar-refractivity contribution in [2.75, 3.05) is 11.9 Å². The van der Waals surface area contributed by atoms with Crippen molar-refractivity contribution in [1.82, 2.24) is 19.4 Å². The molecule has 0 radical (unpaired) electrons. The Bertz CT molecular complexity index is 1930. The molecule has 1 amide bonds. The number of nitrogens with zero attached hydrogens (tertiary/aromatic N) is 2. The second-order valence-corrected chi connectivity index (χ2v) is 11.3. The minimum absolute atomic E-state index is 0.190. The molecule has 43 heavy (non-hydrogen) atoms. The van der Waals surface area contributed by atoms with E-state index in [0.717, 1.165) is 15.6 Å².